The van der Waals surface area contributed by atoms with Gasteiger partial charge in [-0.25, -0.2) is 0 Å². The van der Waals surface area contributed by atoms with Crippen molar-refractivity contribution in [3.05, 3.63) is 95.6 Å². The fourth-order valence-electron chi connectivity index (χ4n) is 3.70. The van der Waals surface area contributed by atoms with Gasteiger partial charge in [0.1, 0.15) is 9.79 Å². The fraction of sp³-hybridized carbons (Fsp3) is 0.103. The Hall–Kier alpha value is -3.96. The maximum Gasteiger partial charge on any atom is 0.295 e. The smallest absolute Gasteiger partial charge is 0.282 e. The average molecular weight is 565 g/mol. The third-order valence-corrected chi connectivity index (χ3v) is 7.63. The lowest BCUT2D eigenvalue weighted by Crippen LogP contribution is -2.02. The summed E-state index contributed by atoms with van der Waals surface area (Å²) >= 11 is 0. The van der Waals surface area contributed by atoms with Crippen LogP contribution in [0.25, 0.3) is 23.3 Å². The summed E-state index contributed by atoms with van der Waals surface area (Å²) < 4.78 is 67.6. The van der Waals surface area contributed by atoms with E-state index in [1.165, 1.54) is 36.4 Å². The SMILES string of the molecule is C=Nc1ccc(/C=C/c2ccc(N=C(C)c3cc(C(=C)C)cc(C(=C)C)c3)cc2S(=O)(=O)O)c(S(=O)(=O)O)c1. The highest BCUT2D eigenvalue weighted by molar-refractivity contribution is 7.86. The normalized spacial score (nSPS) is 12.5. The summed E-state index contributed by atoms with van der Waals surface area (Å²) in [6.45, 7) is 16.9. The first-order chi connectivity index (χ1) is 18.1. The van der Waals surface area contributed by atoms with Crippen LogP contribution in [-0.4, -0.2) is 38.4 Å². The summed E-state index contributed by atoms with van der Waals surface area (Å²) in [5, 5.41) is 0. The van der Waals surface area contributed by atoms with Gasteiger partial charge < -0.3 is 0 Å². The van der Waals surface area contributed by atoms with Gasteiger partial charge in [-0.15, -0.1) is 0 Å². The summed E-state index contributed by atoms with van der Waals surface area (Å²) in [5.74, 6) is 0. The summed E-state index contributed by atoms with van der Waals surface area (Å²) in [6.07, 6.45) is 2.61. The predicted molar refractivity (Wildman–Crippen MR) is 158 cm³/mol. The highest BCUT2D eigenvalue weighted by Crippen LogP contribution is 2.28. The van der Waals surface area contributed by atoms with Crippen LogP contribution in [0.2, 0.25) is 0 Å². The van der Waals surface area contributed by atoms with Gasteiger partial charge in [0, 0.05) is 5.71 Å². The van der Waals surface area contributed by atoms with E-state index >= 15 is 0 Å². The summed E-state index contributed by atoms with van der Waals surface area (Å²) in [6, 6.07) is 14.0. The van der Waals surface area contributed by atoms with E-state index in [1.807, 2.05) is 32.0 Å². The molecular weight excluding hydrogens is 536 g/mol. The monoisotopic (exact) mass is 564 g/mol. The van der Waals surface area contributed by atoms with Crippen LogP contribution in [0.15, 0.2) is 87.5 Å². The maximum absolute atomic E-state index is 12.2. The number of allylic oxidation sites excluding steroid dienone is 2. The van der Waals surface area contributed by atoms with Crippen LogP contribution in [0.3, 0.4) is 0 Å². The molecule has 8 nitrogen and oxygen atoms in total. The number of benzene rings is 3. The van der Waals surface area contributed by atoms with Crippen LogP contribution >= 0.6 is 0 Å². The Bertz CT molecular complexity index is 1750. The minimum Gasteiger partial charge on any atom is -0.282 e. The van der Waals surface area contributed by atoms with Gasteiger partial charge in [-0.2, -0.15) is 16.8 Å². The molecule has 0 radical (unpaired) electrons. The van der Waals surface area contributed by atoms with Crippen molar-refractivity contribution >= 4 is 67.3 Å². The quantitative estimate of drug-likeness (QED) is 0.165. The van der Waals surface area contributed by atoms with Crippen LogP contribution in [0.4, 0.5) is 11.4 Å². The topological polar surface area (TPSA) is 133 Å². The molecule has 0 bridgehead atoms. The molecular formula is C29H28N2O6S2. The van der Waals surface area contributed by atoms with Crippen LogP contribution in [0.5, 0.6) is 0 Å². The Balaban J connectivity index is 2.10. The lowest BCUT2D eigenvalue weighted by atomic mass is 9.96. The van der Waals surface area contributed by atoms with Gasteiger partial charge in [0.2, 0.25) is 0 Å². The second-order valence-corrected chi connectivity index (χ2v) is 11.7. The molecule has 202 valence electrons. The van der Waals surface area contributed by atoms with Gasteiger partial charge in [0.15, 0.2) is 0 Å². The molecule has 2 N–H and O–H groups in total. The molecule has 0 aliphatic heterocycles. The predicted octanol–water partition coefficient (Wildman–Crippen LogP) is 6.89. The lowest BCUT2D eigenvalue weighted by Gasteiger charge is -2.11. The van der Waals surface area contributed by atoms with E-state index in [0.717, 1.165) is 33.9 Å². The zero-order valence-electron chi connectivity index (χ0n) is 21.7. The van der Waals surface area contributed by atoms with Crippen molar-refractivity contribution < 1.29 is 25.9 Å². The molecule has 3 aromatic rings. The van der Waals surface area contributed by atoms with Crippen molar-refractivity contribution in [1.82, 2.24) is 0 Å². The minimum absolute atomic E-state index is 0.0786. The van der Waals surface area contributed by atoms with E-state index in [9.17, 15) is 25.9 Å². The number of aliphatic imine (C=N–C) groups is 2. The second kappa shape index (κ2) is 11.4. The maximum atomic E-state index is 12.2. The molecule has 0 heterocycles. The van der Waals surface area contributed by atoms with Crippen molar-refractivity contribution in [3.63, 3.8) is 0 Å². The molecule has 0 fully saturated rings. The largest absolute Gasteiger partial charge is 0.295 e. The highest BCUT2D eigenvalue weighted by Gasteiger charge is 2.17. The lowest BCUT2D eigenvalue weighted by molar-refractivity contribution is 0.480. The third kappa shape index (κ3) is 7.33. The van der Waals surface area contributed by atoms with Gasteiger partial charge in [-0.05, 0) is 97.8 Å². The molecule has 0 unspecified atom stereocenters. The van der Waals surface area contributed by atoms with E-state index in [4.69, 9.17) is 0 Å². The Morgan fingerprint density at radius 3 is 1.51 bits per heavy atom. The standard InChI is InChI=1S/C29H28N2O6S2/c1-18(2)23-13-24(19(3)4)15-25(14-23)20(5)31-27-12-10-22(29(17-27)39(35,36)37)8-7-21-9-11-26(30-6)16-28(21)38(32,33)34/h7-17H,1,3,6H2,2,4-5H3,(H,32,33,34)(H,35,36,37)/b8-7+,31-20?. The molecule has 0 aliphatic rings. The van der Waals surface area contributed by atoms with Crippen LogP contribution in [0.1, 0.15) is 48.6 Å². The molecule has 0 saturated heterocycles. The summed E-state index contributed by atoms with van der Waals surface area (Å²) in [4.78, 5) is 7.35. The first kappa shape index (κ1) is 29.6. The van der Waals surface area contributed by atoms with Crippen molar-refractivity contribution in [3.8, 4) is 0 Å². The molecule has 0 aliphatic carbocycles. The van der Waals surface area contributed by atoms with Gasteiger partial charge in [-0.3, -0.25) is 19.1 Å². The van der Waals surface area contributed by atoms with Crippen molar-refractivity contribution in [2.45, 2.75) is 30.6 Å². The number of hydrogen-bond acceptors (Lipinski definition) is 6. The van der Waals surface area contributed by atoms with E-state index in [1.54, 1.807) is 13.0 Å². The first-order valence-electron chi connectivity index (χ1n) is 11.5. The average Bonchev–Trinajstić information content (AvgIpc) is 2.86. The molecule has 39 heavy (non-hydrogen) atoms. The number of rotatable bonds is 9. The molecule has 3 aromatic carbocycles. The molecule has 0 saturated carbocycles. The molecule has 0 atom stereocenters. The summed E-state index contributed by atoms with van der Waals surface area (Å²) in [5.41, 5.74) is 5.61. The molecule has 0 amide bonds. The molecule has 0 spiro atoms. The van der Waals surface area contributed by atoms with E-state index in [0.29, 0.717) is 5.71 Å². The Morgan fingerprint density at radius 2 is 1.10 bits per heavy atom. The second-order valence-electron chi connectivity index (χ2n) is 8.94. The zero-order chi connectivity index (χ0) is 29.1. The number of nitrogens with zero attached hydrogens (tertiary/aromatic N) is 2. The molecule has 10 heteroatoms. The van der Waals surface area contributed by atoms with Gasteiger partial charge in [0.25, 0.3) is 20.2 Å². The minimum atomic E-state index is -4.68. The zero-order valence-corrected chi connectivity index (χ0v) is 23.3. The highest BCUT2D eigenvalue weighted by atomic mass is 32.2. The van der Waals surface area contributed by atoms with Gasteiger partial charge >= 0.3 is 0 Å². The first-order valence-corrected chi connectivity index (χ1v) is 14.4. The third-order valence-electron chi connectivity index (χ3n) is 5.81. The number of hydrogen-bond donors (Lipinski definition) is 2. The molecule has 0 aromatic heterocycles. The van der Waals surface area contributed by atoms with Crippen molar-refractivity contribution in [2.24, 2.45) is 9.98 Å². The van der Waals surface area contributed by atoms with Crippen LogP contribution in [0, 0.1) is 0 Å². The molecule has 3 rings (SSSR count). The fourth-order valence-corrected chi connectivity index (χ4v) is 5.11. The Morgan fingerprint density at radius 1 is 0.692 bits per heavy atom. The van der Waals surface area contributed by atoms with Crippen molar-refractivity contribution in [1.29, 1.82) is 0 Å². The summed E-state index contributed by atoms with van der Waals surface area (Å²) in [7, 11) is -9.29. The van der Waals surface area contributed by atoms with Gasteiger partial charge in [-0.1, -0.05) is 48.6 Å². The Kier molecular flexibility index (Phi) is 8.67. The van der Waals surface area contributed by atoms with E-state index < -0.39 is 30.0 Å². The van der Waals surface area contributed by atoms with E-state index in [2.05, 4.69) is 29.9 Å². The van der Waals surface area contributed by atoms with E-state index in [-0.39, 0.29) is 22.5 Å². The van der Waals surface area contributed by atoms with Crippen LogP contribution in [-0.2, 0) is 20.2 Å². The Labute approximate surface area is 229 Å². The van der Waals surface area contributed by atoms with Crippen molar-refractivity contribution in [2.75, 3.05) is 0 Å². The van der Waals surface area contributed by atoms with Crippen LogP contribution < -0.4 is 0 Å². The van der Waals surface area contributed by atoms with Gasteiger partial charge in [0.05, 0.1) is 11.4 Å².